The summed E-state index contributed by atoms with van der Waals surface area (Å²) in [6.45, 7) is 2.05. The molecule has 8 heteroatoms. The Balaban J connectivity index is 1.83. The summed E-state index contributed by atoms with van der Waals surface area (Å²) in [5.74, 6) is -0.178. The normalized spacial score (nSPS) is 11.0. The zero-order valence-corrected chi connectivity index (χ0v) is 14.6. The molecule has 0 unspecified atom stereocenters. The Morgan fingerprint density at radius 1 is 1.41 bits per heavy atom. The largest absolute Gasteiger partial charge is 0.297 e. The highest BCUT2D eigenvalue weighted by molar-refractivity contribution is 7.98. The van der Waals surface area contributed by atoms with Crippen LogP contribution in [0.3, 0.4) is 0 Å². The van der Waals surface area contributed by atoms with Crippen LogP contribution in [0.15, 0.2) is 23.1 Å². The van der Waals surface area contributed by atoms with Crippen LogP contribution in [0.4, 0.5) is 5.13 Å². The lowest BCUT2D eigenvalue weighted by Crippen LogP contribution is -2.12. The monoisotopic (exact) mass is 350 g/mol. The minimum Gasteiger partial charge on any atom is -0.297 e. The fraction of sp³-hybridized carbons (Fsp3) is 0.286. The van der Waals surface area contributed by atoms with Gasteiger partial charge < -0.3 is 0 Å². The standard InChI is InChI=1S/C14H14N4OS3/c1-3-4-10-12(22-18-17-10)13(19)16-14-15-9-6-5-8(20-2)7-11(9)21-14/h5-7H,3-4H2,1-2H3,(H,15,16,19). The Kier molecular flexibility index (Phi) is 4.70. The van der Waals surface area contributed by atoms with Gasteiger partial charge >= 0.3 is 0 Å². The molecule has 114 valence electrons. The number of benzene rings is 1. The second-order valence-corrected chi connectivity index (χ2v) is 7.27. The topological polar surface area (TPSA) is 67.8 Å². The molecule has 0 aliphatic carbocycles. The van der Waals surface area contributed by atoms with Crippen LogP contribution in [0.5, 0.6) is 0 Å². The molecule has 0 bridgehead atoms. The van der Waals surface area contributed by atoms with Crippen molar-refractivity contribution in [1.82, 2.24) is 14.6 Å². The Hall–Kier alpha value is -1.51. The molecule has 0 saturated carbocycles. The van der Waals surface area contributed by atoms with Crippen LogP contribution >= 0.6 is 34.6 Å². The number of thioether (sulfide) groups is 1. The molecule has 5 nitrogen and oxygen atoms in total. The number of thiazole rings is 1. The number of fused-ring (bicyclic) bond motifs is 1. The molecule has 0 spiro atoms. The summed E-state index contributed by atoms with van der Waals surface area (Å²) < 4.78 is 4.95. The van der Waals surface area contributed by atoms with E-state index in [-0.39, 0.29) is 5.91 Å². The zero-order valence-electron chi connectivity index (χ0n) is 12.1. The summed E-state index contributed by atoms with van der Waals surface area (Å²) in [4.78, 5) is 18.6. The number of hydrogen-bond acceptors (Lipinski definition) is 7. The summed E-state index contributed by atoms with van der Waals surface area (Å²) in [5, 5.41) is 7.49. The van der Waals surface area contributed by atoms with Gasteiger partial charge in [-0.05, 0) is 42.4 Å². The van der Waals surface area contributed by atoms with Crippen molar-refractivity contribution in [1.29, 1.82) is 0 Å². The van der Waals surface area contributed by atoms with Gasteiger partial charge in [0.25, 0.3) is 5.91 Å². The van der Waals surface area contributed by atoms with Crippen molar-refractivity contribution in [3.63, 3.8) is 0 Å². The van der Waals surface area contributed by atoms with Gasteiger partial charge in [0.1, 0.15) is 4.88 Å². The number of carbonyl (C=O) groups excluding carboxylic acids is 1. The molecule has 1 amide bonds. The molecule has 0 aliphatic heterocycles. The first-order valence-electron chi connectivity index (χ1n) is 6.78. The Bertz CT molecular complexity index is 811. The number of anilines is 1. The highest BCUT2D eigenvalue weighted by Gasteiger charge is 2.17. The van der Waals surface area contributed by atoms with Gasteiger partial charge in [0.05, 0.1) is 15.9 Å². The second-order valence-electron chi connectivity index (χ2n) is 4.61. The molecule has 0 aliphatic rings. The maximum atomic E-state index is 12.4. The maximum absolute atomic E-state index is 12.4. The predicted octanol–water partition coefficient (Wildman–Crippen LogP) is 4.07. The Morgan fingerprint density at radius 2 is 2.27 bits per heavy atom. The number of aromatic nitrogens is 3. The molecule has 0 radical (unpaired) electrons. The van der Waals surface area contributed by atoms with Gasteiger partial charge in [-0.15, -0.1) is 16.9 Å². The van der Waals surface area contributed by atoms with E-state index in [1.165, 1.54) is 16.2 Å². The molecule has 0 saturated heterocycles. The highest BCUT2D eigenvalue weighted by atomic mass is 32.2. The molecule has 0 atom stereocenters. The van der Waals surface area contributed by atoms with E-state index in [2.05, 4.69) is 32.9 Å². The fourth-order valence-electron chi connectivity index (χ4n) is 2.02. The highest BCUT2D eigenvalue weighted by Crippen LogP contribution is 2.30. The average molecular weight is 350 g/mol. The fourth-order valence-corrected chi connectivity index (χ4v) is 4.04. The van der Waals surface area contributed by atoms with Crippen LogP contribution in [0, 0.1) is 0 Å². The molecule has 2 heterocycles. The van der Waals surface area contributed by atoms with E-state index in [1.54, 1.807) is 11.8 Å². The SMILES string of the molecule is CCCc1nnsc1C(=O)Nc1nc2ccc(SC)cc2s1. The van der Waals surface area contributed by atoms with Crippen LogP contribution in [0.1, 0.15) is 28.7 Å². The van der Waals surface area contributed by atoms with E-state index in [9.17, 15) is 4.79 Å². The van der Waals surface area contributed by atoms with Gasteiger partial charge in [-0.25, -0.2) is 4.98 Å². The van der Waals surface area contributed by atoms with E-state index in [0.29, 0.717) is 10.0 Å². The molecule has 2 aromatic heterocycles. The zero-order chi connectivity index (χ0) is 15.5. The third kappa shape index (κ3) is 3.13. The lowest BCUT2D eigenvalue weighted by Gasteiger charge is -1.99. The van der Waals surface area contributed by atoms with E-state index in [1.807, 2.05) is 18.4 Å². The van der Waals surface area contributed by atoms with Gasteiger partial charge in [-0.2, -0.15) is 0 Å². The molecule has 3 aromatic rings. The summed E-state index contributed by atoms with van der Waals surface area (Å²) in [6.07, 6.45) is 3.73. The number of nitrogens with one attached hydrogen (secondary N) is 1. The van der Waals surface area contributed by atoms with Crippen LogP contribution in [0.2, 0.25) is 0 Å². The minimum atomic E-state index is -0.178. The number of aryl methyl sites for hydroxylation is 1. The molecule has 1 N–H and O–H groups in total. The quantitative estimate of drug-likeness (QED) is 0.702. The van der Waals surface area contributed by atoms with E-state index in [0.717, 1.165) is 40.3 Å². The van der Waals surface area contributed by atoms with Crippen LogP contribution in [0.25, 0.3) is 10.2 Å². The minimum absolute atomic E-state index is 0.178. The van der Waals surface area contributed by atoms with Gasteiger partial charge in [-0.3, -0.25) is 10.1 Å². The van der Waals surface area contributed by atoms with Crippen molar-refractivity contribution >= 4 is 55.9 Å². The molecule has 0 fully saturated rings. The van der Waals surface area contributed by atoms with E-state index < -0.39 is 0 Å². The van der Waals surface area contributed by atoms with Crippen molar-refractivity contribution in [2.75, 3.05) is 11.6 Å². The summed E-state index contributed by atoms with van der Waals surface area (Å²) in [7, 11) is 0. The third-order valence-electron chi connectivity index (χ3n) is 3.06. The number of amides is 1. The Labute approximate surface area is 140 Å². The van der Waals surface area contributed by atoms with Crippen molar-refractivity contribution in [2.24, 2.45) is 0 Å². The molecule has 22 heavy (non-hydrogen) atoms. The van der Waals surface area contributed by atoms with Crippen molar-refractivity contribution in [3.05, 3.63) is 28.8 Å². The number of rotatable bonds is 5. The van der Waals surface area contributed by atoms with Gasteiger partial charge in [0.15, 0.2) is 5.13 Å². The van der Waals surface area contributed by atoms with Crippen molar-refractivity contribution in [2.45, 2.75) is 24.7 Å². The van der Waals surface area contributed by atoms with E-state index >= 15 is 0 Å². The smallest absolute Gasteiger partial charge is 0.271 e. The van der Waals surface area contributed by atoms with Crippen LogP contribution in [-0.4, -0.2) is 26.7 Å². The average Bonchev–Trinajstić information content (AvgIpc) is 3.12. The number of carbonyl (C=O) groups is 1. The first-order valence-corrected chi connectivity index (χ1v) is 9.60. The first-order chi connectivity index (χ1) is 10.7. The molecular formula is C14H14N4OS3. The van der Waals surface area contributed by atoms with Crippen LogP contribution < -0.4 is 5.32 Å². The molecular weight excluding hydrogens is 336 g/mol. The Morgan fingerprint density at radius 3 is 3.05 bits per heavy atom. The van der Waals surface area contributed by atoms with Crippen molar-refractivity contribution < 1.29 is 4.79 Å². The van der Waals surface area contributed by atoms with Crippen molar-refractivity contribution in [3.8, 4) is 0 Å². The van der Waals surface area contributed by atoms with Gasteiger partial charge in [-0.1, -0.05) is 29.2 Å². The van der Waals surface area contributed by atoms with Gasteiger partial charge in [0.2, 0.25) is 0 Å². The van der Waals surface area contributed by atoms with Gasteiger partial charge in [0, 0.05) is 4.90 Å². The third-order valence-corrected chi connectivity index (χ3v) is 5.49. The van der Waals surface area contributed by atoms with E-state index in [4.69, 9.17) is 0 Å². The van der Waals surface area contributed by atoms with Crippen LogP contribution in [-0.2, 0) is 6.42 Å². The summed E-state index contributed by atoms with van der Waals surface area (Å²) in [6, 6.07) is 6.10. The summed E-state index contributed by atoms with van der Waals surface area (Å²) >= 11 is 4.30. The molecule has 3 rings (SSSR count). The maximum Gasteiger partial charge on any atom is 0.271 e. The number of nitrogens with zero attached hydrogens (tertiary/aromatic N) is 3. The summed E-state index contributed by atoms with van der Waals surface area (Å²) in [5.41, 5.74) is 1.66. The lowest BCUT2D eigenvalue weighted by atomic mass is 10.2. The first kappa shape index (κ1) is 15.4. The number of hydrogen-bond donors (Lipinski definition) is 1. The predicted molar refractivity (Wildman–Crippen MR) is 93.3 cm³/mol. The second kappa shape index (κ2) is 6.72. The molecule has 1 aromatic carbocycles. The lowest BCUT2D eigenvalue weighted by molar-refractivity contribution is 0.102.